The highest BCUT2D eigenvalue weighted by molar-refractivity contribution is 5.99. The van der Waals surface area contributed by atoms with Gasteiger partial charge >= 0.3 is 5.97 Å². The van der Waals surface area contributed by atoms with E-state index in [4.69, 9.17) is 4.74 Å². The predicted molar refractivity (Wildman–Crippen MR) is 97.8 cm³/mol. The standard InChI is InChI=1S/C21H30O4/c1-7-12(5)9-17(23)25-21-13(6)15-10-16(22)14(8-2)19(15)18(11(3)4)20(21)24/h8-9,11,15,18-21,24H,6-7,10H2,1-5H3. The number of esters is 1. The minimum atomic E-state index is -0.853. The highest BCUT2D eigenvalue weighted by Crippen LogP contribution is 2.52. The molecule has 138 valence electrons. The molecule has 5 atom stereocenters. The van der Waals surface area contributed by atoms with Crippen LogP contribution in [0.5, 0.6) is 0 Å². The lowest BCUT2D eigenvalue weighted by atomic mass is 9.64. The lowest BCUT2D eigenvalue weighted by Crippen LogP contribution is -2.50. The van der Waals surface area contributed by atoms with Crippen LogP contribution in [0.1, 0.15) is 47.5 Å². The summed E-state index contributed by atoms with van der Waals surface area (Å²) < 4.78 is 5.59. The van der Waals surface area contributed by atoms with Gasteiger partial charge in [0.2, 0.25) is 0 Å². The first-order valence-electron chi connectivity index (χ1n) is 9.16. The lowest BCUT2D eigenvalue weighted by molar-refractivity contribution is -0.153. The van der Waals surface area contributed by atoms with Gasteiger partial charge in [0.25, 0.3) is 0 Å². The third-order valence-electron chi connectivity index (χ3n) is 5.73. The fourth-order valence-corrected chi connectivity index (χ4v) is 4.30. The average molecular weight is 346 g/mol. The molecule has 0 aromatic heterocycles. The van der Waals surface area contributed by atoms with Gasteiger partial charge in [-0.25, -0.2) is 4.79 Å². The molecule has 0 amide bonds. The molecular formula is C21H30O4. The van der Waals surface area contributed by atoms with Crippen molar-refractivity contribution in [1.29, 1.82) is 0 Å². The number of Topliss-reactive ketones (excluding diaryl/α,β-unsaturated/α-hetero) is 1. The number of carbonyl (C=O) groups excluding carboxylic acids is 2. The number of hydrogen-bond acceptors (Lipinski definition) is 4. The lowest BCUT2D eigenvalue weighted by Gasteiger charge is -2.45. The van der Waals surface area contributed by atoms with Gasteiger partial charge in [0, 0.05) is 12.5 Å². The summed E-state index contributed by atoms with van der Waals surface area (Å²) >= 11 is 0. The monoisotopic (exact) mass is 346 g/mol. The summed E-state index contributed by atoms with van der Waals surface area (Å²) in [4.78, 5) is 24.6. The number of carbonyl (C=O) groups is 2. The van der Waals surface area contributed by atoms with Crippen LogP contribution in [-0.2, 0) is 14.3 Å². The van der Waals surface area contributed by atoms with E-state index in [1.807, 2.05) is 40.7 Å². The van der Waals surface area contributed by atoms with E-state index in [1.54, 1.807) is 0 Å². The second kappa shape index (κ2) is 7.69. The van der Waals surface area contributed by atoms with Crippen molar-refractivity contribution in [3.63, 3.8) is 0 Å². The van der Waals surface area contributed by atoms with Crippen molar-refractivity contribution in [3.8, 4) is 0 Å². The Morgan fingerprint density at radius 1 is 1.44 bits per heavy atom. The van der Waals surface area contributed by atoms with Crippen LogP contribution in [0.4, 0.5) is 0 Å². The van der Waals surface area contributed by atoms with Crippen molar-refractivity contribution in [2.75, 3.05) is 0 Å². The molecule has 2 fully saturated rings. The van der Waals surface area contributed by atoms with Crippen LogP contribution in [0.25, 0.3) is 0 Å². The van der Waals surface area contributed by atoms with E-state index in [0.29, 0.717) is 12.0 Å². The Labute approximate surface area is 150 Å². The summed E-state index contributed by atoms with van der Waals surface area (Å²) in [6, 6.07) is 0. The molecule has 0 aromatic carbocycles. The van der Waals surface area contributed by atoms with Gasteiger partial charge in [-0.2, -0.15) is 0 Å². The molecule has 5 unspecified atom stereocenters. The predicted octanol–water partition coefficient (Wildman–Crippen LogP) is 3.61. The maximum atomic E-state index is 12.4. The number of aliphatic hydroxyl groups is 1. The van der Waals surface area contributed by atoms with Crippen molar-refractivity contribution in [3.05, 3.63) is 35.5 Å². The number of allylic oxidation sites excluding steroid dienone is 3. The number of rotatable bonds is 4. The Bertz CT molecular complexity index is 626. The molecular weight excluding hydrogens is 316 g/mol. The van der Waals surface area contributed by atoms with Crippen LogP contribution in [-0.4, -0.2) is 29.1 Å². The van der Waals surface area contributed by atoms with Gasteiger partial charge < -0.3 is 9.84 Å². The second-order valence-electron chi connectivity index (χ2n) is 7.59. The molecule has 4 heteroatoms. The zero-order valence-electron chi connectivity index (χ0n) is 15.9. The fourth-order valence-electron chi connectivity index (χ4n) is 4.30. The molecule has 0 heterocycles. The molecule has 1 N–H and O–H groups in total. The zero-order chi connectivity index (χ0) is 18.9. The largest absolute Gasteiger partial charge is 0.452 e. The van der Waals surface area contributed by atoms with E-state index in [2.05, 4.69) is 6.58 Å². The van der Waals surface area contributed by atoms with Crippen LogP contribution in [0.3, 0.4) is 0 Å². The van der Waals surface area contributed by atoms with Crippen LogP contribution in [0.2, 0.25) is 0 Å². The number of ether oxygens (including phenoxy) is 1. The second-order valence-corrected chi connectivity index (χ2v) is 7.59. The number of fused-ring (bicyclic) bond motifs is 1. The highest BCUT2D eigenvalue weighted by Gasteiger charge is 2.54. The number of ketones is 1. The summed E-state index contributed by atoms with van der Waals surface area (Å²) in [5, 5.41) is 11.0. The van der Waals surface area contributed by atoms with Crippen LogP contribution >= 0.6 is 0 Å². The van der Waals surface area contributed by atoms with Crippen molar-refractivity contribution >= 4 is 11.8 Å². The Hall–Kier alpha value is -1.68. The molecule has 0 aliphatic heterocycles. The number of aliphatic hydroxyl groups excluding tert-OH is 1. The summed E-state index contributed by atoms with van der Waals surface area (Å²) in [7, 11) is 0. The molecule has 0 saturated heterocycles. The van der Waals surface area contributed by atoms with Gasteiger partial charge in [-0.3, -0.25) is 4.79 Å². The molecule has 0 aromatic rings. The van der Waals surface area contributed by atoms with Gasteiger partial charge in [-0.1, -0.05) is 39.0 Å². The van der Waals surface area contributed by atoms with Gasteiger partial charge in [0.05, 0.1) is 6.10 Å². The van der Waals surface area contributed by atoms with Crippen molar-refractivity contribution in [2.24, 2.45) is 23.7 Å². The highest BCUT2D eigenvalue weighted by atomic mass is 16.6. The third-order valence-corrected chi connectivity index (χ3v) is 5.73. The van der Waals surface area contributed by atoms with Gasteiger partial charge in [0.1, 0.15) is 6.10 Å². The zero-order valence-corrected chi connectivity index (χ0v) is 15.9. The quantitative estimate of drug-likeness (QED) is 0.480. The summed E-state index contributed by atoms with van der Waals surface area (Å²) in [5.41, 5.74) is 2.37. The van der Waals surface area contributed by atoms with Gasteiger partial charge in [0.15, 0.2) is 5.78 Å². The van der Waals surface area contributed by atoms with E-state index in [1.165, 1.54) is 6.08 Å². The van der Waals surface area contributed by atoms with Crippen LogP contribution in [0, 0.1) is 23.7 Å². The molecule has 25 heavy (non-hydrogen) atoms. The van der Waals surface area contributed by atoms with E-state index < -0.39 is 18.2 Å². The molecule has 2 rings (SSSR count). The minimum Gasteiger partial charge on any atom is -0.452 e. The Kier molecular flexibility index (Phi) is 6.04. The summed E-state index contributed by atoms with van der Waals surface area (Å²) in [6.07, 6.45) is 2.87. The summed E-state index contributed by atoms with van der Waals surface area (Å²) in [5.74, 6) is -0.425. The third kappa shape index (κ3) is 3.64. The minimum absolute atomic E-state index is 0.0390. The Balaban J connectivity index is 2.34. The van der Waals surface area contributed by atoms with E-state index in [-0.39, 0.29) is 29.5 Å². The maximum Gasteiger partial charge on any atom is 0.331 e. The molecule has 0 spiro atoms. The SMILES string of the molecule is C=C1C2CC(=O)C(=CC)C2C(C(C)C)C(O)C1OC(=O)C=C(C)CC. The maximum absolute atomic E-state index is 12.4. The first-order chi connectivity index (χ1) is 11.7. The molecule has 2 saturated carbocycles. The van der Waals surface area contributed by atoms with Crippen LogP contribution < -0.4 is 0 Å². The molecule has 4 nitrogen and oxygen atoms in total. The first-order valence-corrected chi connectivity index (χ1v) is 9.16. The van der Waals surface area contributed by atoms with Crippen molar-refractivity contribution < 1.29 is 19.4 Å². The molecule has 2 aliphatic carbocycles. The Morgan fingerprint density at radius 2 is 2.08 bits per heavy atom. The topological polar surface area (TPSA) is 63.6 Å². The van der Waals surface area contributed by atoms with Gasteiger partial charge in [-0.15, -0.1) is 0 Å². The summed E-state index contributed by atoms with van der Waals surface area (Å²) in [6.45, 7) is 13.9. The normalized spacial score (nSPS) is 34.6. The van der Waals surface area contributed by atoms with Crippen molar-refractivity contribution in [2.45, 2.75) is 59.7 Å². The van der Waals surface area contributed by atoms with Gasteiger partial charge in [-0.05, 0) is 55.1 Å². The number of hydrogen-bond donors (Lipinski definition) is 1. The fraction of sp³-hybridized carbons (Fsp3) is 0.619. The van der Waals surface area contributed by atoms with Crippen molar-refractivity contribution in [1.82, 2.24) is 0 Å². The van der Waals surface area contributed by atoms with E-state index in [9.17, 15) is 14.7 Å². The Morgan fingerprint density at radius 3 is 2.60 bits per heavy atom. The smallest absolute Gasteiger partial charge is 0.331 e. The van der Waals surface area contributed by atoms with E-state index >= 15 is 0 Å². The van der Waals surface area contributed by atoms with Crippen LogP contribution in [0.15, 0.2) is 35.5 Å². The van der Waals surface area contributed by atoms with E-state index in [0.717, 1.165) is 17.6 Å². The molecule has 0 radical (unpaired) electrons. The average Bonchev–Trinajstić information content (AvgIpc) is 2.87. The first kappa shape index (κ1) is 19.6. The molecule has 0 bridgehead atoms. The molecule has 2 aliphatic rings.